The summed E-state index contributed by atoms with van der Waals surface area (Å²) in [5, 5.41) is 9.13. The van der Waals surface area contributed by atoms with Crippen molar-refractivity contribution in [2.45, 2.75) is 32.0 Å². The monoisotopic (exact) mass is 231 g/mol. The number of halogens is 2. The fraction of sp³-hybridized carbons (Fsp3) is 0.700. The Morgan fingerprint density at radius 1 is 1.56 bits per heavy atom. The second kappa shape index (κ2) is 4.88. The van der Waals surface area contributed by atoms with E-state index in [9.17, 15) is 8.78 Å². The molecule has 1 aliphatic heterocycles. The molecule has 0 aliphatic carbocycles. The van der Waals surface area contributed by atoms with Gasteiger partial charge in [-0.2, -0.15) is 8.78 Å². The van der Waals surface area contributed by atoms with Crippen molar-refractivity contribution in [1.82, 2.24) is 14.5 Å². The number of hydrogen-bond donors (Lipinski definition) is 1. The summed E-state index contributed by atoms with van der Waals surface area (Å²) in [5.74, 6) is 0.357. The lowest BCUT2D eigenvalue weighted by Crippen LogP contribution is -2.32. The standard InChI is InChI=1S/C10H15F2N3O/c11-10(12)15-5-3-13-9(15)6-14-4-1-2-8(14)7-16/h3,5,8,10,16H,1-2,4,6-7H2. The first-order valence-electron chi connectivity index (χ1n) is 5.37. The van der Waals surface area contributed by atoms with E-state index >= 15 is 0 Å². The summed E-state index contributed by atoms with van der Waals surface area (Å²) in [7, 11) is 0. The molecular weight excluding hydrogens is 216 g/mol. The van der Waals surface area contributed by atoms with Gasteiger partial charge in [-0.15, -0.1) is 0 Å². The molecule has 1 aromatic rings. The first-order chi connectivity index (χ1) is 7.72. The lowest BCUT2D eigenvalue weighted by molar-refractivity contribution is 0.0621. The Morgan fingerprint density at radius 3 is 3.06 bits per heavy atom. The zero-order valence-corrected chi connectivity index (χ0v) is 8.89. The average Bonchev–Trinajstić information content (AvgIpc) is 2.86. The molecule has 1 saturated heterocycles. The second-order valence-electron chi connectivity index (χ2n) is 3.98. The number of aliphatic hydroxyl groups excluding tert-OH is 1. The van der Waals surface area contributed by atoms with Crippen molar-refractivity contribution < 1.29 is 13.9 Å². The molecule has 4 nitrogen and oxygen atoms in total. The highest BCUT2D eigenvalue weighted by Gasteiger charge is 2.25. The van der Waals surface area contributed by atoms with Crippen LogP contribution in [0.4, 0.5) is 8.78 Å². The van der Waals surface area contributed by atoms with Crippen LogP contribution >= 0.6 is 0 Å². The molecule has 1 fully saturated rings. The number of likely N-dealkylation sites (tertiary alicyclic amines) is 1. The summed E-state index contributed by atoms with van der Waals surface area (Å²) in [6, 6.07) is 0.0859. The molecule has 0 radical (unpaired) electrons. The smallest absolute Gasteiger partial charge is 0.319 e. The number of rotatable bonds is 4. The van der Waals surface area contributed by atoms with E-state index in [1.165, 1.54) is 12.4 Å². The lowest BCUT2D eigenvalue weighted by Gasteiger charge is -2.22. The van der Waals surface area contributed by atoms with Gasteiger partial charge in [0.2, 0.25) is 0 Å². The molecule has 1 N–H and O–H groups in total. The minimum Gasteiger partial charge on any atom is -0.395 e. The van der Waals surface area contributed by atoms with Gasteiger partial charge in [-0.1, -0.05) is 0 Å². The van der Waals surface area contributed by atoms with E-state index in [0.717, 1.165) is 24.0 Å². The highest BCUT2D eigenvalue weighted by molar-refractivity contribution is 4.94. The van der Waals surface area contributed by atoms with Crippen LogP contribution in [0.5, 0.6) is 0 Å². The largest absolute Gasteiger partial charge is 0.395 e. The number of aliphatic hydroxyl groups is 1. The number of nitrogens with zero attached hydrogens (tertiary/aromatic N) is 3. The zero-order valence-electron chi connectivity index (χ0n) is 8.89. The summed E-state index contributed by atoms with van der Waals surface area (Å²) in [4.78, 5) is 5.93. The molecule has 1 atom stereocenters. The Bertz CT molecular complexity index is 343. The van der Waals surface area contributed by atoms with Gasteiger partial charge >= 0.3 is 6.55 Å². The minimum absolute atomic E-state index is 0.0788. The molecule has 0 spiro atoms. The van der Waals surface area contributed by atoms with Crippen LogP contribution in [-0.2, 0) is 6.54 Å². The van der Waals surface area contributed by atoms with Gasteiger partial charge in [0, 0.05) is 18.4 Å². The van der Waals surface area contributed by atoms with Crippen molar-refractivity contribution in [1.29, 1.82) is 0 Å². The number of aromatic nitrogens is 2. The van der Waals surface area contributed by atoms with Crippen molar-refractivity contribution in [3.8, 4) is 0 Å². The Labute approximate surface area is 92.5 Å². The van der Waals surface area contributed by atoms with E-state index < -0.39 is 6.55 Å². The van der Waals surface area contributed by atoms with Crippen LogP contribution in [0.2, 0.25) is 0 Å². The average molecular weight is 231 g/mol. The predicted molar refractivity (Wildman–Crippen MR) is 54.0 cm³/mol. The van der Waals surface area contributed by atoms with Crippen LogP contribution in [0, 0.1) is 0 Å². The lowest BCUT2D eigenvalue weighted by atomic mass is 10.2. The van der Waals surface area contributed by atoms with Gasteiger partial charge in [-0.3, -0.25) is 9.47 Å². The molecule has 1 unspecified atom stereocenters. The third-order valence-corrected chi connectivity index (χ3v) is 3.01. The summed E-state index contributed by atoms with van der Waals surface area (Å²) >= 11 is 0. The summed E-state index contributed by atoms with van der Waals surface area (Å²) in [5.41, 5.74) is 0. The number of hydrogen-bond acceptors (Lipinski definition) is 3. The first kappa shape index (κ1) is 11.5. The molecule has 90 valence electrons. The van der Waals surface area contributed by atoms with Crippen LogP contribution in [0.3, 0.4) is 0 Å². The third kappa shape index (κ3) is 2.22. The SMILES string of the molecule is OCC1CCCN1Cc1nccn1C(F)F. The molecule has 1 aromatic heterocycles. The van der Waals surface area contributed by atoms with Crippen LogP contribution in [-0.4, -0.2) is 38.8 Å². The molecule has 6 heteroatoms. The molecule has 0 amide bonds. The van der Waals surface area contributed by atoms with Gasteiger partial charge in [0.05, 0.1) is 13.2 Å². The molecule has 16 heavy (non-hydrogen) atoms. The van der Waals surface area contributed by atoms with Gasteiger partial charge < -0.3 is 5.11 Å². The van der Waals surface area contributed by atoms with E-state index in [-0.39, 0.29) is 12.6 Å². The summed E-state index contributed by atoms with van der Waals surface area (Å²) in [6.07, 6.45) is 4.59. The summed E-state index contributed by atoms with van der Waals surface area (Å²) < 4.78 is 26.0. The first-order valence-corrected chi connectivity index (χ1v) is 5.37. The van der Waals surface area contributed by atoms with Crippen molar-refractivity contribution in [2.24, 2.45) is 0 Å². The Balaban J connectivity index is 2.05. The topological polar surface area (TPSA) is 41.3 Å². The fourth-order valence-electron chi connectivity index (χ4n) is 2.14. The van der Waals surface area contributed by atoms with Gasteiger partial charge in [0.15, 0.2) is 0 Å². The molecule has 1 aliphatic rings. The maximum atomic E-state index is 12.6. The number of imidazole rings is 1. The maximum absolute atomic E-state index is 12.6. The Hall–Kier alpha value is -1.01. The molecule has 0 aromatic carbocycles. The third-order valence-electron chi connectivity index (χ3n) is 3.01. The van der Waals surface area contributed by atoms with E-state index in [1.54, 1.807) is 0 Å². The van der Waals surface area contributed by atoms with Crippen LogP contribution in [0.25, 0.3) is 0 Å². The molecule has 0 saturated carbocycles. The van der Waals surface area contributed by atoms with Gasteiger partial charge in [-0.05, 0) is 19.4 Å². The zero-order chi connectivity index (χ0) is 11.5. The normalized spacial score (nSPS) is 22.1. The van der Waals surface area contributed by atoms with E-state index in [4.69, 9.17) is 5.11 Å². The van der Waals surface area contributed by atoms with E-state index in [0.29, 0.717) is 12.4 Å². The molecule has 2 rings (SSSR count). The second-order valence-corrected chi connectivity index (χ2v) is 3.98. The van der Waals surface area contributed by atoms with Crippen molar-refractivity contribution in [2.75, 3.05) is 13.2 Å². The minimum atomic E-state index is -2.55. The van der Waals surface area contributed by atoms with E-state index in [1.807, 2.05) is 4.90 Å². The summed E-state index contributed by atoms with van der Waals surface area (Å²) in [6.45, 7) is -1.26. The highest BCUT2D eigenvalue weighted by Crippen LogP contribution is 2.20. The molecular formula is C10H15F2N3O. The maximum Gasteiger partial charge on any atom is 0.319 e. The van der Waals surface area contributed by atoms with Gasteiger partial charge in [0.25, 0.3) is 0 Å². The Kier molecular flexibility index (Phi) is 3.50. The Morgan fingerprint density at radius 2 is 2.38 bits per heavy atom. The van der Waals surface area contributed by atoms with Gasteiger partial charge in [0.1, 0.15) is 5.82 Å². The highest BCUT2D eigenvalue weighted by atomic mass is 19.3. The number of alkyl halides is 2. The van der Waals surface area contributed by atoms with Crippen molar-refractivity contribution in [3.05, 3.63) is 18.2 Å². The van der Waals surface area contributed by atoms with Crippen LogP contribution < -0.4 is 0 Å². The quantitative estimate of drug-likeness (QED) is 0.847. The van der Waals surface area contributed by atoms with Crippen LogP contribution in [0.1, 0.15) is 25.2 Å². The van der Waals surface area contributed by atoms with Crippen LogP contribution in [0.15, 0.2) is 12.4 Å². The van der Waals surface area contributed by atoms with E-state index in [2.05, 4.69) is 4.98 Å². The predicted octanol–water partition coefficient (Wildman–Crippen LogP) is 1.23. The fourth-order valence-corrected chi connectivity index (χ4v) is 2.14. The molecule has 2 heterocycles. The van der Waals surface area contributed by atoms with Crippen molar-refractivity contribution >= 4 is 0 Å². The molecule has 0 bridgehead atoms. The van der Waals surface area contributed by atoms with Crippen molar-refractivity contribution in [3.63, 3.8) is 0 Å². The van der Waals surface area contributed by atoms with Gasteiger partial charge in [-0.25, -0.2) is 4.98 Å².